The first-order valence-corrected chi connectivity index (χ1v) is 9.63. The molecular weight excluding hydrogens is 338 g/mol. The third-order valence-corrected chi connectivity index (χ3v) is 5.62. The predicted octanol–water partition coefficient (Wildman–Crippen LogP) is 3.85. The monoisotopic (exact) mass is 361 g/mol. The summed E-state index contributed by atoms with van der Waals surface area (Å²) in [5.41, 5.74) is 1.61. The van der Waals surface area contributed by atoms with Crippen molar-refractivity contribution in [3.63, 3.8) is 0 Å². The van der Waals surface area contributed by atoms with Crippen LogP contribution in [-0.2, 0) is 11.3 Å². The minimum absolute atomic E-state index is 0.318. The molecule has 2 fully saturated rings. The van der Waals surface area contributed by atoms with Gasteiger partial charge in [0.05, 0.1) is 6.54 Å². The molecule has 1 atom stereocenters. The maximum absolute atomic E-state index is 11.8. The molecule has 1 aromatic heterocycles. The van der Waals surface area contributed by atoms with E-state index in [1.54, 1.807) is 0 Å². The van der Waals surface area contributed by atoms with Crippen molar-refractivity contribution in [1.29, 1.82) is 0 Å². The van der Waals surface area contributed by atoms with E-state index in [1.165, 1.54) is 19.3 Å². The van der Waals surface area contributed by atoms with Gasteiger partial charge in [-0.25, -0.2) is 4.98 Å². The van der Waals surface area contributed by atoms with Crippen molar-refractivity contribution in [2.24, 2.45) is 0 Å². The van der Waals surface area contributed by atoms with Crippen molar-refractivity contribution < 1.29 is 9.21 Å². The number of fused-ring (bicyclic) bond motifs is 1. The minimum Gasteiger partial charge on any atom is -0.439 e. The zero-order valence-electron chi connectivity index (χ0n) is 14.4. The summed E-state index contributed by atoms with van der Waals surface area (Å²) < 4.78 is 5.89. The lowest BCUT2D eigenvalue weighted by molar-refractivity contribution is -0.127. The van der Waals surface area contributed by atoms with Crippen molar-refractivity contribution >= 4 is 28.6 Å². The van der Waals surface area contributed by atoms with Crippen molar-refractivity contribution in [3.8, 4) is 0 Å². The molecule has 134 valence electrons. The SMILES string of the molecule is O=C1CCCN1CCC1CCCCN1Cc1nc2cc(Cl)ccc2o1. The Morgan fingerprint density at radius 2 is 2.16 bits per heavy atom. The van der Waals surface area contributed by atoms with Gasteiger partial charge in [-0.15, -0.1) is 0 Å². The summed E-state index contributed by atoms with van der Waals surface area (Å²) in [5, 5.41) is 0.679. The number of carbonyl (C=O) groups is 1. The van der Waals surface area contributed by atoms with Crippen molar-refractivity contribution in [2.75, 3.05) is 19.6 Å². The van der Waals surface area contributed by atoms with E-state index in [1.807, 2.05) is 23.1 Å². The molecule has 0 saturated carbocycles. The lowest BCUT2D eigenvalue weighted by Gasteiger charge is -2.35. The highest BCUT2D eigenvalue weighted by molar-refractivity contribution is 6.31. The van der Waals surface area contributed by atoms with Crippen molar-refractivity contribution in [3.05, 3.63) is 29.1 Å². The summed E-state index contributed by atoms with van der Waals surface area (Å²) in [7, 11) is 0. The molecule has 2 aliphatic heterocycles. The summed E-state index contributed by atoms with van der Waals surface area (Å²) >= 11 is 6.03. The van der Waals surface area contributed by atoms with E-state index in [4.69, 9.17) is 16.0 Å². The smallest absolute Gasteiger partial charge is 0.222 e. The second kappa shape index (κ2) is 7.34. The second-order valence-corrected chi connectivity index (χ2v) is 7.55. The Bertz CT molecular complexity index is 760. The van der Waals surface area contributed by atoms with Crippen LogP contribution >= 0.6 is 11.6 Å². The van der Waals surface area contributed by atoms with E-state index in [9.17, 15) is 4.79 Å². The summed E-state index contributed by atoms with van der Waals surface area (Å²) in [6, 6.07) is 6.05. The third-order valence-electron chi connectivity index (χ3n) is 5.38. The van der Waals surface area contributed by atoms with Crippen LogP contribution in [0.25, 0.3) is 11.1 Å². The highest BCUT2D eigenvalue weighted by Gasteiger charge is 2.26. The maximum atomic E-state index is 11.8. The number of likely N-dealkylation sites (tertiary alicyclic amines) is 2. The lowest BCUT2D eigenvalue weighted by atomic mass is 9.99. The first-order valence-electron chi connectivity index (χ1n) is 9.26. The number of nitrogens with zero attached hydrogens (tertiary/aromatic N) is 3. The highest BCUT2D eigenvalue weighted by atomic mass is 35.5. The zero-order chi connectivity index (χ0) is 17.2. The van der Waals surface area contributed by atoms with Gasteiger partial charge in [-0.05, 0) is 50.4 Å². The van der Waals surface area contributed by atoms with Crippen LogP contribution in [0.15, 0.2) is 22.6 Å². The molecule has 25 heavy (non-hydrogen) atoms. The summed E-state index contributed by atoms with van der Waals surface area (Å²) in [6.45, 7) is 3.60. The van der Waals surface area contributed by atoms with Crippen LogP contribution in [0.4, 0.5) is 0 Å². The normalized spacial score (nSPS) is 22.2. The van der Waals surface area contributed by atoms with Gasteiger partial charge in [0.15, 0.2) is 5.58 Å². The summed E-state index contributed by atoms with van der Waals surface area (Å²) in [4.78, 5) is 20.9. The Kier molecular flexibility index (Phi) is 4.95. The van der Waals surface area contributed by atoms with Gasteiger partial charge in [0.25, 0.3) is 0 Å². The highest BCUT2D eigenvalue weighted by Crippen LogP contribution is 2.25. The molecule has 1 amide bonds. The number of carbonyl (C=O) groups excluding carboxylic acids is 1. The fourth-order valence-corrected chi connectivity index (χ4v) is 4.20. The fraction of sp³-hybridized carbons (Fsp3) is 0.579. The Labute approximate surface area is 152 Å². The molecule has 0 N–H and O–H groups in total. The van der Waals surface area contributed by atoms with E-state index in [2.05, 4.69) is 9.88 Å². The number of halogens is 1. The van der Waals surface area contributed by atoms with Crippen molar-refractivity contribution in [1.82, 2.24) is 14.8 Å². The molecule has 0 aliphatic carbocycles. The van der Waals surface area contributed by atoms with E-state index in [0.717, 1.165) is 62.4 Å². The van der Waals surface area contributed by atoms with Gasteiger partial charge in [0.1, 0.15) is 5.52 Å². The summed E-state index contributed by atoms with van der Waals surface area (Å²) in [6.07, 6.45) is 6.44. The first kappa shape index (κ1) is 16.9. The average molecular weight is 362 g/mol. The van der Waals surface area contributed by atoms with Crippen LogP contribution < -0.4 is 0 Å². The molecule has 0 bridgehead atoms. The molecule has 3 heterocycles. The number of amides is 1. The molecule has 5 nitrogen and oxygen atoms in total. The molecule has 0 spiro atoms. The van der Waals surface area contributed by atoms with Gasteiger partial charge in [-0.2, -0.15) is 0 Å². The van der Waals surface area contributed by atoms with Crippen molar-refractivity contribution in [2.45, 2.75) is 51.1 Å². The van der Waals surface area contributed by atoms with Gasteiger partial charge in [0, 0.05) is 30.6 Å². The standard InChI is InChI=1S/C19H24ClN3O2/c20-14-6-7-17-16(12-14)21-18(25-17)13-23-9-2-1-4-15(23)8-11-22-10-3-5-19(22)24/h6-7,12,15H,1-5,8-11,13H2. The molecule has 1 unspecified atom stereocenters. The van der Waals surface area contributed by atoms with Gasteiger partial charge < -0.3 is 9.32 Å². The minimum atomic E-state index is 0.318. The van der Waals surface area contributed by atoms with Crippen LogP contribution in [0.5, 0.6) is 0 Å². The Morgan fingerprint density at radius 1 is 1.24 bits per heavy atom. The molecule has 1 aromatic carbocycles. The van der Waals surface area contributed by atoms with Gasteiger partial charge >= 0.3 is 0 Å². The van der Waals surface area contributed by atoms with Gasteiger partial charge in [0.2, 0.25) is 11.8 Å². The predicted molar refractivity (Wildman–Crippen MR) is 97.5 cm³/mol. The summed E-state index contributed by atoms with van der Waals surface area (Å²) in [5.74, 6) is 1.07. The fourth-order valence-electron chi connectivity index (χ4n) is 4.03. The lowest BCUT2D eigenvalue weighted by Crippen LogP contribution is -2.41. The maximum Gasteiger partial charge on any atom is 0.222 e. The van der Waals surface area contributed by atoms with Crippen LogP contribution in [0, 0.1) is 0 Å². The first-order chi connectivity index (χ1) is 12.2. The van der Waals surface area contributed by atoms with E-state index < -0.39 is 0 Å². The van der Waals surface area contributed by atoms with Gasteiger partial charge in [-0.1, -0.05) is 18.0 Å². The molecule has 2 saturated heterocycles. The number of aromatic nitrogens is 1. The topological polar surface area (TPSA) is 49.6 Å². The third kappa shape index (κ3) is 3.82. The number of hydrogen-bond donors (Lipinski definition) is 0. The van der Waals surface area contributed by atoms with Crippen LogP contribution in [-0.4, -0.2) is 46.4 Å². The number of hydrogen-bond acceptors (Lipinski definition) is 4. The molecule has 6 heteroatoms. The Hall–Kier alpha value is -1.59. The van der Waals surface area contributed by atoms with E-state index in [0.29, 0.717) is 17.0 Å². The van der Waals surface area contributed by atoms with Crippen LogP contribution in [0.2, 0.25) is 5.02 Å². The molecule has 2 aliphatic rings. The Morgan fingerprint density at radius 3 is 3.00 bits per heavy atom. The number of piperidine rings is 1. The zero-order valence-corrected chi connectivity index (χ0v) is 15.2. The largest absolute Gasteiger partial charge is 0.439 e. The molecular formula is C19H24ClN3O2. The van der Waals surface area contributed by atoms with E-state index in [-0.39, 0.29) is 0 Å². The number of rotatable bonds is 5. The van der Waals surface area contributed by atoms with Gasteiger partial charge in [-0.3, -0.25) is 9.69 Å². The number of benzene rings is 1. The molecule has 2 aromatic rings. The van der Waals surface area contributed by atoms with Crippen LogP contribution in [0.3, 0.4) is 0 Å². The van der Waals surface area contributed by atoms with E-state index >= 15 is 0 Å². The molecule has 0 radical (unpaired) electrons. The van der Waals surface area contributed by atoms with Crippen LogP contribution in [0.1, 0.15) is 44.4 Å². The average Bonchev–Trinajstić information content (AvgIpc) is 3.19. The molecule has 4 rings (SSSR count). The second-order valence-electron chi connectivity index (χ2n) is 7.11. The Balaban J connectivity index is 1.42. The quantitative estimate of drug-likeness (QED) is 0.811. The number of oxazole rings is 1.